The molecule has 0 fully saturated rings. The number of hydrogen-bond acceptors (Lipinski definition) is 4. The van der Waals surface area contributed by atoms with Crippen molar-refractivity contribution in [2.24, 2.45) is 0 Å². The average molecular weight is 325 g/mol. The number of aromatic nitrogens is 1. The van der Waals surface area contributed by atoms with Crippen LogP contribution in [-0.4, -0.2) is 21.2 Å². The van der Waals surface area contributed by atoms with Crippen molar-refractivity contribution in [2.45, 2.75) is 12.8 Å². The summed E-state index contributed by atoms with van der Waals surface area (Å²) in [5, 5.41) is 19.1. The second kappa shape index (κ2) is 6.62. The Kier molecular flexibility index (Phi) is 4.39. The second-order valence-corrected chi connectivity index (χ2v) is 6.18. The highest BCUT2D eigenvalue weighted by Crippen LogP contribution is 2.37. The summed E-state index contributed by atoms with van der Waals surface area (Å²) in [6.07, 6.45) is 0.481. The smallest absolute Gasteiger partial charge is 0.303 e. The van der Waals surface area contributed by atoms with Crippen LogP contribution in [0.5, 0.6) is 5.75 Å². The van der Waals surface area contributed by atoms with E-state index in [4.69, 9.17) is 5.11 Å². The molecule has 0 spiro atoms. The Morgan fingerprint density at radius 1 is 1.00 bits per heavy atom. The lowest BCUT2D eigenvalue weighted by Gasteiger charge is -2.03. The van der Waals surface area contributed by atoms with E-state index in [9.17, 15) is 9.90 Å². The van der Waals surface area contributed by atoms with Gasteiger partial charge in [0.2, 0.25) is 0 Å². The highest BCUT2D eigenvalue weighted by Gasteiger charge is 2.15. The summed E-state index contributed by atoms with van der Waals surface area (Å²) in [6, 6.07) is 16.8. The Balaban J connectivity index is 2.05. The Morgan fingerprint density at radius 3 is 2.35 bits per heavy atom. The summed E-state index contributed by atoms with van der Waals surface area (Å²) in [7, 11) is 0. The summed E-state index contributed by atoms with van der Waals surface area (Å²) in [5.74, 6) is -0.613. The van der Waals surface area contributed by atoms with E-state index in [1.54, 1.807) is 12.1 Å². The first-order valence-electron chi connectivity index (χ1n) is 7.20. The van der Waals surface area contributed by atoms with Crippen molar-refractivity contribution in [1.82, 2.24) is 4.98 Å². The number of phenolic OH excluding ortho intramolecular Hbond substituents is 1. The number of rotatable bonds is 5. The van der Waals surface area contributed by atoms with Crippen LogP contribution in [0.25, 0.3) is 21.7 Å². The third-order valence-electron chi connectivity index (χ3n) is 3.40. The molecule has 0 unspecified atom stereocenters. The fraction of sp³-hybridized carbons (Fsp3) is 0.111. The molecule has 0 aliphatic heterocycles. The molecule has 3 aromatic rings. The summed E-state index contributed by atoms with van der Waals surface area (Å²) in [4.78, 5) is 16.4. The molecule has 2 aromatic carbocycles. The molecule has 0 atom stereocenters. The predicted octanol–water partition coefficient (Wildman–Crippen LogP) is 4.20. The average Bonchev–Trinajstić information content (AvgIpc) is 2.99. The minimum atomic E-state index is -0.826. The molecule has 0 amide bonds. The maximum atomic E-state index is 10.8. The monoisotopic (exact) mass is 325 g/mol. The van der Waals surface area contributed by atoms with Crippen molar-refractivity contribution in [3.05, 3.63) is 59.6 Å². The van der Waals surface area contributed by atoms with Gasteiger partial charge in [-0.15, -0.1) is 11.3 Å². The van der Waals surface area contributed by atoms with Crippen molar-refractivity contribution >= 4 is 17.3 Å². The quantitative estimate of drug-likeness (QED) is 0.737. The molecule has 5 heteroatoms. The highest BCUT2D eigenvalue weighted by atomic mass is 32.1. The second-order valence-electron chi connectivity index (χ2n) is 5.09. The van der Waals surface area contributed by atoms with E-state index in [0.717, 1.165) is 26.7 Å². The molecule has 0 radical (unpaired) electrons. The number of benzene rings is 2. The predicted molar refractivity (Wildman–Crippen MR) is 90.6 cm³/mol. The SMILES string of the molecule is O=C(O)CCc1nc(-c2ccccc2)c(-c2ccc(O)cc2)s1. The first-order chi connectivity index (χ1) is 11.1. The molecule has 0 aliphatic rings. The Bertz CT molecular complexity index is 810. The number of hydrogen-bond donors (Lipinski definition) is 2. The van der Waals surface area contributed by atoms with Gasteiger partial charge in [-0.3, -0.25) is 4.79 Å². The molecule has 0 bridgehead atoms. The van der Waals surface area contributed by atoms with Gasteiger partial charge in [0, 0.05) is 12.0 Å². The highest BCUT2D eigenvalue weighted by molar-refractivity contribution is 7.15. The fourth-order valence-corrected chi connectivity index (χ4v) is 3.38. The maximum Gasteiger partial charge on any atom is 0.303 e. The lowest BCUT2D eigenvalue weighted by Crippen LogP contribution is -1.96. The number of thiazole rings is 1. The zero-order valence-corrected chi connectivity index (χ0v) is 13.1. The van der Waals surface area contributed by atoms with Crippen LogP contribution in [0.15, 0.2) is 54.6 Å². The van der Waals surface area contributed by atoms with E-state index in [1.165, 1.54) is 11.3 Å². The van der Waals surface area contributed by atoms with Crippen LogP contribution in [0, 0.1) is 0 Å². The Hall–Kier alpha value is -2.66. The first kappa shape index (κ1) is 15.2. The van der Waals surface area contributed by atoms with Gasteiger partial charge in [-0.2, -0.15) is 0 Å². The number of nitrogens with zero attached hydrogens (tertiary/aromatic N) is 1. The molecule has 3 rings (SSSR count). The van der Waals surface area contributed by atoms with Gasteiger partial charge >= 0.3 is 5.97 Å². The van der Waals surface area contributed by atoms with Crippen LogP contribution in [0.4, 0.5) is 0 Å². The third-order valence-corrected chi connectivity index (χ3v) is 4.57. The van der Waals surface area contributed by atoms with Gasteiger partial charge in [-0.1, -0.05) is 30.3 Å². The number of aromatic hydroxyl groups is 1. The van der Waals surface area contributed by atoms with E-state index in [2.05, 4.69) is 4.98 Å². The molecular weight excluding hydrogens is 310 g/mol. The summed E-state index contributed by atoms with van der Waals surface area (Å²) >= 11 is 1.50. The van der Waals surface area contributed by atoms with Crippen molar-refractivity contribution < 1.29 is 15.0 Å². The molecule has 1 heterocycles. The number of aliphatic carboxylic acids is 1. The van der Waals surface area contributed by atoms with E-state index in [-0.39, 0.29) is 12.2 Å². The molecule has 4 nitrogen and oxygen atoms in total. The molecule has 0 aliphatic carbocycles. The minimum Gasteiger partial charge on any atom is -0.508 e. The van der Waals surface area contributed by atoms with Gasteiger partial charge in [0.1, 0.15) is 5.75 Å². The molecular formula is C18H15NO3S. The number of carboxylic acid groups (broad SMARTS) is 1. The molecule has 23 heavy (non-hydrogen) atoms. The van der Waals surface area contributed by atoms with Crippen LogP contribution < -0.4 is 0 Å². The number of phenols is 1. The topological polar surface area (TPSA) is 70.4 Å². The van der Waals surface area contributed by atoms with Crippen LogP contribution in [0.2, 0.25) is 0 Å². The normalized spacial score (nSPS) is 10.6. The zero-order valence-electron chi connectivity index (χ0n) is 12.3. The largest absolute Gasteiger partial charge is 0.508 e. The van der Waals surface area contributed by atoms with Crippen molar-refractivity contribution in [1.29, 1.82) is 0 Å². The molecule has 1 aromatic heterocycles. The van der Waals surface area contributed by atoms with Gasteiger partial charge < -0.3 is 10.2 Å². The van der Waals surface area contributed by atoms with Gasteiger partial charge in [-0.25, -0.2) is 4.98 Å². The number of aryl methyl sites for hydroxylation is 1. The zero-order chi connectivity index (χ0) is 16.2. The van der Waals surface area contributed by atoms with Gasteiger partial charge in [0.15, 0.2) is 0 Å². The van der Waals surface area contributed by atoms with Crippen molar-refractivity contribution in [3.63, 3.8) is 0 Å². The number of carboxylic acids is 1. The van der Waals surface area contributed by atoms with Gasteiger partial charge in [0.25, 0.3) is 0 Å². The first-order valence-corrected chi connectivity index (χ1v) is 8.01. The van der Waals surface area contributed by atoms with Crippen LogP contribution >= 0.6 is 11.3 Å². The Morgan fingerprint density at radius 2 is 1.70 bits per heavy atom. The molecule has 2 N–H and O–H groups in total. The Labute approximate surface area is 137 Å². The lowest BCUT2D eigenvalue weighted by molar-refractivity contribution is -0.136. The van der Waals surface area contributed by atoms with Crippen molar-refractivity contribution in [2.75, 3.05) is 0 Å². The number of carbonyl (C=O) groups is 1. The molecule has 0 saturated heterocycles. The summed E-state index contributed by atoms with van der Waals surface area (Å²) in [6.45, 7) is 0. The van der Waals surface area contributed by atoms with Gasteiger partial charge in [-0.05, 0) is 29.8 Å². The maximum absolute atomic E-state index is 10.8. The summed E-state index contributed by atoms with van der Waals surface area (Å²) in [5.41, 5.74) is 2.80. The van der Waals surface area contributed by atoms with E-state index >= 15 is 0 Å². The van der Waals surface area contributed by atoms with Crippen LogP contribution in [-0.2, 0) is 11.2 Å². The fourth-order valence-electron chi connectivity index (χ4n) is 2.29. The third kappa shape index (κ3) is 3.57. The minimum absolute atomic E-state index is 0.0662. The standard InChI is InChI=1S/C18H15NO3S/c20-14-8-6-13(7-9-14)18-17(12-4-2-1-3-5-12)19-15(23-18)10-11-16(21)22/h1-9,20H,10-11H2,(H,21,22). The van der Waals surface area contributed by atoms with E-state index in [0.29, 0.717) is 6.42 Å². The van der Waals surface area contributed by atoms with Crippen LogP contribution in [0.1, 0.15) is 11.4 Å². The van der Waals surface area contributed by atoms with Crippen LogP contribution in [0.3, 0.4) is 0 Å². The molecule has 116 valence electrons. The molecule has 0 saturated carbocycles. The summed E-state index contributed by atoms with van der Waals surface area (Å²) < 4.78 is 0. The van der Waals surface area contributed by atoms with Gasteiger partial charge in [0.05, 0.1) is 22.0 Å². The van der Waals surface area contributed by atoms with Crippen molar-refractivity contribution in [3.8, 4) is 27.4 Å². The van der Waals surface area contributed by atoms with E-state index in [1.807, 2.05) is 42.5 Å². The van der Waals surface area contributed by atoms with E-state index < -0.39 is 5.97 Å². The lowest BCUT2D eigenvalue weighted by atomic mass is 10.1.